The fourth-order valence-electron chi connectivity index (χ4n) is 1.74. The maximum atomic E-state index is 11.1. The van der Waals surface area contributed by atoms with Crippen LogP contribution in [0.15, 0.2) is 16.6 Å². The highest BCUT2D eigenvalue weighted by molar-refractivity contribution is 9.10. The van der Waals surface area contributed by atoms with Crippen molar-refractivity contribution in [2.24, 2.45) is 0 Å². The third-order valence-corrected chi connectivity index (χ3v) is 4.05. The molecule has 1 saturated carbocycles. The first-order chi connectivity index (χ1) is 7.52. The highest BCUT2D eigenvalue weighted by Gasteiger charge is 2.48. The highest BCUT2D eigenvalue weighted by atomic mass is 79.9. The Labute approximate surface area is 106 Å². The first-order valence-electron chi connectivity index (χ1n) is 4.65. The Morgan fingerprint density at radius 2 is 2.19 bits per heavy atom. The van der Waals surface area contributed by atoms with E-state index >= 15 is 0 Å². The van der Waals surface area contributed by atoms with Crippen LogP contribution in [0.3, 0.4) is 0 Å². The Kier molecular flexibility index (Phi) is 2.69. The second kappa shape index (κ2) is 3.76. The van der Waals surface area contributed by atoms with Crippen molar-refractivity contribution < 1.29 is 9.90 Å². The summed E-state index contributed by atoms with van der Waals surface area (Å²) in [5, 5.41) is 18.5. The van der Waals surface area contributed by atoms with Gasteiger partial charge in [0.1, 0.15) is 0 Å². The van der Waals surface area contributed by atoms with Gasteiger partial charge in [-0.15, -0.1) is 0 Å². The van der Waals surface area contributed by atoms with E-state index in [4.69, 9.17) is 22.0 Å². The van der Waals surface area contributed by atoms with Crippen molar-refractivity contribution in [1.29, 1.82) is 5.26 Å². The van der Waals surface area contributed by atoms with Crippen molar-refractivity contribution in [2.75, 3.05) is 0 Å². The number of benzene rings is 1. The summed E-state index contributed by atoms with van der Waals surface area (Å²) in [6, 6.07) is 5.23. The number of rotatable bonds is 2. The van der Waals surface area contributed by atoms with Crippen LogP contribution in [-0.4, -0.2) is 11.1 Å². The molecule has 1 N–H and O–H groups in total. The number of carboxylic acid groups (broad SMARTS) is 1. The smallest absolute Gasteiger partial charge is 0.336 e. The summed E-state index contributed by atoms with van der Waals surface area (Å²) in [4.78, 5) is 11.1. The molecule has 0 amide bonds. The molecule has 82 valence electrons. The molecule has 5 heteroatoms. The zero-order valence-corrected chi connectivity index (χ0v) is 10.5. The van der Waals surface area contributed by atoms with Crippen molar-refractivity contribution in [3.63, 3.8) is 0 Å². The van der Waals surface area contributed by atoms with Gasteiger partial charge >= 0.3 is 5.97 Å². The molecule has 2 rings (SSSR count). The summed E-state index contributed by atoms with van der Waals surface area (Å²) in [6.45, 7) is 0. The molecule has 0 spiro atoms. The molecule has 0 aromatic heterocycles. The van der Waals surface area contributed by atoms with Crippen molar-refractivity contribution in [3.8, 4) is 6.07 Å². The fraction of sp³-hybridized carbons (Fsp3) is 0.273. The van der Waals surface area contributed by atoms with Gasteiger partial charge in [-0.3, -0.25) is 0 Å². The van der Waals surface area contributed by atoms with E-state index in [1.807, 2.05) is 0 Å². The average Bonchev–Trinajstić information content (AvgIpc) is 3.02. The molecule has 3 nitrogen and oxygen atoms in total. The first-order valence-corrected chi connectivity index (χ1v) is 5.82. The zero-order valence-electron chi connectivity index (χ0n) is 8.13. The Balaban J connectivity index is 2.71. The SMILES string of the molecule is N#CC1(c2c(C(=O)O)ccc(Br)c2Cl)CC1. The first kappa shape index (κ1) is 11.4. The molecule has 1 aliphatic carbocycles. The monoisotopic (exact) mass is 299 g/mol. The van der Waals surface area contributed by atoms with Crippen molar-refractivity contribution in [2.45, 2.75) is 18.3 Å². The van der Waals surface area contributed by atoms with Crippen LogP contribution in [-0.2, 0) is 5.41 Å². The van der Waals surface area contributed by atoms with Gasteiger partial charge in [0.25, 0.3) is 0 Å². The second-order valence-electron chi connectivity index (χ2n) is 3.78. The topological polar surface area (TPSA) is 61.1 Å². The maximum absolute atomic E-state index is 11.1. The number of hydrogen-bond acceptors (Lipinski definition) is 2. The van der Waals surface area contributed by atoms with Gasteiger partial charge in [-0.05, 0) is 40.9 Å². The van der Waals surface area contributed by atoms with E-state index < -0.39 is 11.4 Å². The lowest BCUT2D eigenvalue weighted by Crippen LogP contribution is -2.12. The van der Waals surface area contributed by atoms with E-state index in [2.05, 4.69) is 22.0 Å². The normalized spacial score (nSPS) is 16.6. The standard InChI is InChI=1S/C11H7BrClNO2/c12-7-2-1-6(10(15)16)8(9(7)13)11(5-14)3-4-11/h1-2H,3-4H2,(H,15,16). The van der Waals surface area contributed by atoms with Gasteiger partial charge < -0.3 is 5.11 Å². The van der Waals surface area contributed by atoms with Gasteiger partial charge in [0.2, 0.25) is 0 Å². The molecule has 0 atom stereocenters. The molecule has 1 aliphatic rings. The number of carboxylic acids is 1. The number of nitrogens with zero attached hydrogens (tertiary/aromatic N) is 1. The maximum Gasteiger partial charge on any atom is 0.336 e. The second-order valence-corrected chi connectivity index (χ2v) is 5.02. The predicted molar refractivity (Wildman–Crippen MR) is 62.6 cm³/mol. The lowest BCUT2D eigenvalue weighted by molar-refractivity contribution is 0.0695. The van der Waals surface area contributed by atoms with Gasteiger partial charge in [-0.2, -0.15) is 5.26 Å². The minimum absolute atomic E-state index is 0.118. The molecule has 0 bridgehead atoms. The molecule has 1 fully saturated rings. The number of nitriles is 1. The van der Waals surface area contributed by atoms with Gasteiger partial charge in [-0.1, -0.05) is 11.6 Å². The van der Waals surface area contributed by atoms with Crippen LogP contribution in [0.25, 0.3) is 0 Å². The Morgan fingerprint density at radius 3 is 2.62 bits per heavy atom. The molecular weight excluding hydrogens is 293 g/mol. The summed E-state index contributed by atoms with van der Waals surface area (Å²) in [7, 11) is 0. The van der Waals surface area contributed by atoms with Crippen LogP contribution >= 0.6 is 27.5 Å². The minimum Gasteiger partial charge on any atom is -0.478 e. The molecule has 0 radical (unpaired) electrons. The fourth-order valence-corrected chi connectivity index (χ4v) is 2.42. The predicted octanol–water partition coefficient (Wildman–Crippen LogP) is 3.36. The third kappa shape index (κ3) is 1.60. The number of halogens is 2. The van der Waals surface area contributed by atoms with Gasteiger partial charge in [0, 0.05) is 10.0 Å². The van der Waals surface area contributed by atoms with E-state index in [0.717, 1.165) is 0 Å². The summed E-state index contributed by atoms with van der Waals surface area (Å²) in [6.07, 6.45) is 1.33. The largest absolute Gasteiger partial charge is 0.478 e. The van der Waals surface area contributed by atoms with E-state index in [1.165, 1.54) is 6.07 Å². The van der Waals surface area contributed by atoms with E-state index in [9.17, 15) is 4.79 Å². The minimum atomic E-state index is -1.05. The van der Waals surface area contributed by atoms with Gasteiger partial charge in [0.15, 0.2) is 0 Å². The Bertz CT molecular complexity index is 517. The van der Waals surface area contributed by atoms with Crippen molar-refractivity contribution in [3.05, 3.63) is 32.8 Å². The molecule has 1 aromatic carbocycles. The summed E-state index contributed by atoms with van der Waals surface area (Å²) in [5.41, 5.74) is -0.139. The van der Waals surface area contributed by atoms with Crippen LogP contribution in [0.5, 0.6) is 0 Å². The van der Waals surface area contributed by atoms with Crippen LogP contribution in [0, 0.1) is 11.3 Å². The van der Waals surface area contributed by atoms with Crippen LogP contribution < -0.4 is 0 Å². The van der Waals surface area contributed by atoms with E-state index in [0.29, 0.717) is 27.9 Å². The third-order valence-electron chi connectivity index (χ3n) is 2.77. The van der Waals surface area contributed by atoms with Crippen molar-refractivity contribution in [1.82, 2.24) is 0 Å². The van der Waals surface area contributed by atoms with E-state index in [-0.39, 0.29) is 5.56 Å². The van der Waals surface area contributed by atoms with Crippen LogP contribution in [0.4, 0.5) is 0 Å². The van der Waals surface area contributed by atoms with Crippen molar-refractivity contribution >= 4 is 33.5 Å². The molecule has 0 aliphatic heterocycles. The number of aromatic carboxylic acids is 1. The Hall–Kier alpha value is -1.05. The highest BCUT2D eigenvalue weighted by Crippen LogP contribution is 2.52. The van der Waals surface area contributed by atoms with Crippen LogP contribution in [0.1, 0.15) is 28.8 Å². The zero-order chi connectivity index (χ0) is 11.9. The Morgan fingerprint density at radius 1 is 1.56 bits per heavy atom. The lowest BCUT2D eigenvalue weighted by atomic mass is 9.92. The molecular formula is C11H7BrClNO2. The molecule has 16 heavy (non-hydrogen) atoms. The molecule has 0 saturated heterocycles. The lowest BCUT2D eigenvalue weighted by Gasteiger charge is -2.13. The number of carbonyl (C=O) groups is 1. The van der Waals surface area contributed by atoms with E-state index in [1.54, 1.807) is 6.07 Å². The summed E-state index contributed by atoms with van der Waals surface area (Å²) < 4.78 is 0.621. The van der Waals surface area contributed by atoms with Gasteiger partial charge in [0.05, 0.1) is 22.1 Å². The average molecular weight is 301 g/mol. The molecule has 0 heterocycles. The quantitative estimate of drug-likeness (QED) is 0.911. The number of hydrogen-bond donors (Lipinski definition) is 1. The molecule has 0 unspecified atom stereocenters. The summed E-state index contributed by atoms with van der Waals surface area (Å²) in [5.74, 6) is -1.05. The summed E-state index contributed by atoms with van der Waals surface area (Å²) >= 11 is 9.33. The molecule has 1 aromatic rings. The van der Waals surface area contributed by atoms with Gasteiger partial charge in [-0.25, -0.2) is 4.79 Å². The van der Waals surface area contributed by atoms with Crippen LogP contribution in [0.2, 0.25) is 5.02 Å².